The fourth-order valence-electron chi connectivity index (χ4n) is 0.601. The number of carbonyl (C=O) groups is 1. The van der Waals surface area contributed by atoms with Gasteiger partial charge in [-0.3, -0.25) is 4.79 Å². The van der Waals surface area contributed by atoms with Gasteiger partial charge in [-0.15, -0.1) is 0 Å². The Morgan fingerprint density at radius 2 is 2.00 bits per heavy atom. The van der Waals surface area contributed by atoms with Crippen LogP contribution in [-0.4, -0.2) is 18.5 Å². The topological polar surface area (TPSA) is 26.3 Å². The third-order valence-corrected chi connectivity index (χ3v) is 1.64. The lowest BCUT2D eigenvalue weighted by atomic mass is 9.98. The first-order chi connectivity index (χ1) is 4.90. The minimum atomic E-state index is -0.668. The van der Waals surface area contributed by atoms with Crippen molar-refractivity contribution in [2.45, 2.75) is 32.8 Å². The van der Waals surface area contributed by atoms with Crippen molar-refractivity contribution >= 4 is 5.78 Å². The Bertz CT molecular complexity index is 168. The molecule has 0 unspecified atom stereocenters. The summed E-state index contributed by atoms with van der Waals surface area (Å²) in [5.74, 6) is 0.0764. The second kappa shape index (κ2) is 3.67. The maximum absolute atomic E-state index is 11.3. The van der Waals surface area contributed by atoms with Crippen molar-refractivity contribution in [2.24, 2.45) is 0 Å². The third-order valence-electron chi connectivity index (χ3n) is 1.64. The molecule has 2 nitrogen and oxygen atoms in total. The summed E-state index contributed by atoms with van der Waals surface area (Å²) in [5, 5.41) is 0. The molecule has 0 spiro atoms. The molecular formula is C9H16O2. The Balaban J connectivity index is 4.13. The van der Waals surface area contributed by atoms with Crippen LogP contribution in [0.1, 0.15) is 27.2 Å². The zero-order valence-corrected chi connectivity index (χ0v) is 7.73. The van der Waals surface area contributed by atoms with Gasteiger partial charge in [0.25, 0.3) is 0 Å². The molecule has 0 aliphatic carbocycles. The molecule has 0 saturated heterocycles. The largest absolute Gasteiger partial charge is 0.371 e. The molecule has 0 aliphatic rings. The van der Waals surface area contributed by atoms with E-state index in [1.165, 1.54) is 7.11 Å². The highest BCUT2D eigenvalue weighted by molar-refractivity contribution is 5.88. The predicted molar refractivity (Wildman–Crippen MR) is 45.5 cm³/mol. The van der Waals surface area contributed by atoms with E-state index in [4.69, 9.17) is 4.74 Å². The van der Waals surface area contributed by atoms with Gasteiger partial charge in [0, 0.05) is 13.5 Å². The molecule has 64 valence electrons. The molecule has 11 heavy (non-hydrogen) atoms. The summed E-state index contributed by atoms with van der Waals surface area (Å²) >= 11 is 0. The molecule has 0 heterocycles. The summed E-state index contributed by atoms with van der Waals surface area (Å²) in [7, 11) is 1.54. The van der Waals surface area contributed by atoms with Gasteiger partial charge in [-0.1, -0.05) is 12.2 Å². The second-order valence-corrected chi connectivity index (χ2v) is 3.27. The average Bonchev–Trinajstić information content (AvgIpc) is 1.86. The Morgan fingerprint density at radius 1 is 1.55 bits per heavy atom. The number of Topliss-reactive ketones (excluding diaryl/α,β-unsaturated/α-hetero) is 1. The van der Waals surface area contributed by atoms with Crippen LogP contribution in [0.4, 0.5) is 0 Å². The van der Waals surface area contributed by atoms with E-state index in [1.54, 1.807) is 13.8 Å². The van der Waals surface area contributed by atoms with Crippen LogP contribution in [0.15, 0.2) is 12.2 Å². The predicted octanol–water partition coefficient (Wildman–Crippen LogP) is 1.95. The molecule has 0 radical (unpaired) electrons. The van der Waals surface area contributed by atoms with Crippen molar-refractivity contribution in [3.05, 3.63) is 12.2 Å². The van der Waals surface area contributed by atoms with E-state index in [1.807, 2.05) is 6.92 Å². The number of ketones is 1. The lowest BCUT2D eigenvalue weighted by Crippen LogP contribution is -2.33. The van der Waals surface area contributed by atoms with E-state index < -0.39 is 5.60 Å². The summed E-state index contributed by atoms with van der Waals surface area (Å²) in [6, 6.07) is 0. The maximum atomic E-state index is 11.3. The van der Waals surface area contributed by atoms with Crippen molar-refractivity contribution in [1.29, 1.82) is 0 Å². The second-order valence-electron chi connectivity index (χ2n) is 3.27. The van der Waals surface area contributed by atoms with Crippen LogP contribution in [0, 0.1) is 0 Å². The molecule has 0 fully saturated rings. The van der Waals surface area contributed by atoms with Gasteiger partial charge in [0.15, 0.2) is 5.78 Å². The van der Waals surface area contributed by atoms with Crippen LogP contribution in [0.5, 0.6) is 0 Å². The summed E-state index contributed by atoms with van der Waals surface area (Å²) in [4.78, 5) is 11.3. The van der Waals surface area contributed by atoms with Crippen LogP contribution in [0.3, 0.4) is 0 Å². The molecule has 2 heteroatoms. The van der Waals surface area contributed by atoms with E-state index in [2.05, 4.69) is 6.58 Å². The van der Waals surface area contributed by atoms with Crippen molar-refractivity contribution < 1.29 is 9.53 Å². The van der Waals surface area contributed by atoms with Crippen molar-refractivity contribution in [3.63, 3.8) is 0 Å². The fourth-order valence-corrected chi connectivity index (χ4v) is 0.601. The van der Waals surface area contributed by atoms with Gasteiger partial charge in [-0.2, -0.15) is 0 Å². The number of rotatable bonds is 4. The first-order valence-corrected chi connectivity index (χ1v) is 3.63. The zero-order valence-electron chi connectivity index (χ0n) is 7.73. The molecule has 0 amide bonds. The molecule has 0 aromatic rings. The number of hydrogen-bond acceptors (Lipinski definition) is 2. The molecule has 0 N–H and O–H groups in total. The number of hydrogen-bond donors (Lipinski definition) is 0. The molecule has 0 aliphatic heterocycles. The fraction of sp³-hybridized carbons (Fsp3) is 0.667. The maximum Gasteiger partial charge on any atom is 0.168 e. The van der Waals surface area contributed by atoms with Crippen molar-refractivity contribution in [1.82, 2.24) is 0 Å². The van der Waals surface area contributed by atoms with Gasteiger partial charge in [0.1, 0.15) is 5.60 Å². The van der Waals surface area contributed by atoms with Gasteiger partial charge in [0.05, 0.1) is 0 Å². The molecule has 0 bridgehead atoms. The summed E-state index contributed by atoms with van der Waals surface area (Å²) in [5.41, 5.74) is 0.207. The molecular weight excluding hydrogens is 140 g/mol. The quantitative estimate of drug-likeness (QED) is 0.581. The van der Waals surface area contributed by atoms with Gasteiger partial charge >= 0.3 is 0 Å². The SMILES string of the molecule is C=C(C)CC(=O)C(C)(C)OC. The minimum absolute atomic E-state index is 0.0764. The van der Waals surface area contributed by atoms with Gasteiger partial charge in [-0.25, -0.2) is 0 Å². The first kappa shape index (κ1) is 10.4. The first-order valence-electron chi connectivity index (χ1n) is 3.63. The van der Waals surface area contributed by atoms with Crippen LogP contribution in [0.2, 0.25) is 0 Å². The standard InChI is InChI=1S/C9H16O2/c1-7(2)6-8(10)9(3,4)11-5/h1,6H2,2-5H3. The number of carbonyl (C=O) groups excluding carboxylic acids is 1. The number of ether oxygens (including phenoxy) is 1. The highest BCUT2D eigenvalue weighted by Crippen LogP contribution is 2.13. The van der Waals surface area contributed by atoms with Crippen molar-refractivity contribution in [3.8, 4) is 0 Å². The summed E-state index contributed by atoms with van der Waals surface area (Å²) < 4.78 is 5.01. The molecule has 0 saturated carbocycles. The van der Waals surface area contributed by atoms with Gasteiger partial charge in [-0.05, 0) is 20.8 Å². The smallest absolute Gasteiger partial charge is 0.168 e. The zero-order chi connectivity index (χ0) is 9.07. The summed E-state index contributed by atoms with van der Waals surface area (Å²) in [6.07, 6.45) is 0.404. The Kier molecular flexibility index (Phi) is 3.46. The highest BCUT2D eigenvalue weighted by atomic mass is 16.5. The number of allylic oxidation sites excluding steroid dienone is 1. The Hall–Kier alpha value is -0.630. The van der Waals surface area contributed by atoms with Crippen molar-refractivity contribution in [2.75, 3.05) is 7.11 Å². The van der Waals surface area contributed by atoms with Gasteiger partial charge < -0.3 is 4.74 Å². The minimum Gasteiger partial charge on any atom is -0.371 e. The third kappa shape index (κ3) is 3.33. The van der Waals surface area contributed by atoms with Gasteiger partial charge in [0.2, 0.25) is 0 Å². The van der Waals surface area contributed by atoms with E-state index in [9.17, 15) is 4.79 Å². The molecule has 0 atom stereocenters. The normalized spacial score (nSPS) is 11.3. The van der Waals surface area contributed by atoms with E-state index in [0.717, 1.165) is 5.57 Å². The average molecular weight is 156 g/mol. The molecule has 0 aromatic heterocycles. The lowest BCUT2D eigenvalue weighted by molar-refractivity contribution is -0.136. The van der Waals surface area contributed by atoms with E-state index in [0.29, 0.717) is 6.42 Å². The van der Waals surface area contributed by atoms with Crippen LogP contribution in [0.25, 0.3) is 0 Å². The lowest BCUT2D eigenvalue weighted by Gasteiger charge is -2.20. The van der Waals surface area contributed by atoms with Crippen LogP contribution >= 0.6 is 0 Å². The molecule has 0 rings (SSSR count). The van der Waals surface area contributed by atoms with E-state index >= 15 is 0 Å². The van der Waals surface area contributed by atoms with Crippen LogP contribution in [-0.2, 0) is 9.53 Å². The van der Waals surface area contributed by atoms with Crippen LogP contribution < -0.4 is 0 Å². The highest BCUT2D eigenvalue weighted by Gasteiger charge is 2.25. The Morgan fingerprint density at radius 3 is 2.27 bits per heavy atom. The monoisotopic (exact) mass is 156 g/mol. The van der Waals surface area contributed by atoms with E-state index in [-0.39, 0.29) is 5.78 Å². The summed E-state index contributed by atoms with van der Waals surface area (Å²) in [6.45, 7) is 9.03. The molecule has 0 aromatic carbocycles. The Labute approximate surface area is 68.2 Å². The number of methoxy groups -OCH3 is 1.